The van der Waals surface area contributed by atoms with E-state index in [2.05, 4.69) is 4.98 Å². The number of hydrogen-bond acceptors (Lipinski definition) is 5. The summed E-state index contributed by atoms with van der Waals surface area (Å²) in [5, 5.41) is 0. The van der Waals surface area contributed by atoms with E-state index in [1.54, 1.807) is 0 Å². The molecule has 0 aliphatic rings. The highest BCUT2D eigenvalue weighted by Crippen LogP contribution is 2.22. The van der Waals surface area contributed by atoms with Gasteiger partial charge in [0.05, 0.1) is 0 Å². The van der Waals surface area contributed by atoms with Crippen molar-refractivity contribution in [2.75, 3.05) is 18.9 Å². The SMILES string of the molecule is Cc1nc2ccc(OCCOc3ccc(N)c(C)c3)cc2o1. The summed E-state index contributed by atoms with van der Waals surface area (Å²) in [5.74, 6) is 2.17. The van der Waals surface area contributed by atoms with Gasteiger partial charge in [-0.25, -0.2) is 4.98 Å². The fourth-order valence-corrected chi connectivity index (χ4v) is 2.17. The van der Waals surface area contributed by atoms with Crippen molar-refractivity contribution < 1.29 is 13.9 Å². The van der Waals surface area contributed by atoms with Gasteiger partial charge in [0.2, 0.25) is 0 Å². The molecule has 0 fully saturated rings. The van der Waals surface area contributed by atoms with Gasteiger partial charge in [0.15, 0.2) is 11.5 Å². The standard InChI is InChI=1S/C17H18N2O3/c1-11-9-13(3-5-15(11)18)20-7-8-21-14-4-6-16-17(10-14)22-12(2)19-16/h3-6,9-10H,7-8,18H2,1-2H3. The lowest BCUT2D eigenvalue weighted by molar-refractivity contribution is 0.217. The average molecular weight is 298 g/mol. The zero-order chi connectivity index (χ0) is 15.5. The van der Waals surface area contributed by atoms with Crippen LogP contribution < -0.4 is 15.2 Å². The molecule has 0 radical (unpaired) electrons. The maximum atomic E-state index is 5.77. The van der Waals surface area contributed by atoms with Gasteiger partial charge < -0.3 is 19.6 Å². The Kier molecular flexibility index (Phi) is 3.87. The molecule has 5 nitrogen and oxygen atoms in total. The van der Waals surface area contributed by atoms with E-state index in [9.17, 15) is 0 Å². The second kappa shape index (κ2) is 5.97. The smallest absolute Gasteiger partial charge is 0.192 e. The number of rotatable bonds is 5. The first-order valence-corrected chi connectivity index (χ1v) is 7.11. The maximum absolute atomic E-state index is 5.77. The van der Waals surface area contributed by atoms with E-state index in [0.29, 0.717) is 19.1 Å². The second-order valence-electron chi connectivity index (χ2n) is 5.08. The van der Waals surface area contributed by atoms with Crippen LogP contribution in [0.25, 0.3) is 11.1 Å². The number of aryl methyl sites for hydroxylation is 2. The Bertz CT molecular complexity index is 796. The highest BCUT2D eigenvalue weighted by Gasteiger charge is 2.04. The summed E-state index contributed by atoms with van der Waals surface area (Å²) >= 11 is 0. The summed E-state index contributed by atoms with van der Waals surface area (Å²) < 4.78 is 16.8. The summed E-state index contributed by atoms with van der Waals surface area (Å²) in [6, 6.07) is 11.2. The first-order valence-electron chi connectivity index (χ1n) is 7.11. The zero-order valence-electron chi connectivity index (χ0n) is 12.6. The van der Waals surface area contributed by atoms with Gasteiger partial charge in [-0.1, -0.05) is 0 Å². The van der Waals surface area contributed by atoms with Crippen LogP contribution in [-0.4, -0.2) is 18.2 Å². The monoisotopic (exact) mass is 298 g/mol. The van der Waals surface area contributed by atoms with Crippen LogP contribution in [0.3, 0.4) is 0 Å². The molecule has 0 unspecified atom stereocenters. The van der Waals surface area contributed by atoms with E-state index in [4.69, 9.17) is 19.6 Å². The molecule has 3 rings (SSSR count). The van der Waals surface area contributed by atoms with Gasteiger partial charge in [0.25, 0.3) is 0 Å². The van der Waals surface area contributed by atoms with Crippen molar-refractivity contribution >= 4 is 16.8 Å². The van der Waals surface area contributed by atoms with E-state index in [0.717, 1.165) is 33.8 Å². The largest absolute Gasteiger partial charge is 0.490 e. The number of ether oxygens (including phenoxy) is 2. The van der Waals surface area contributed by atoms with Crippen LogP contribution >= 0.6 is 0 Å². The number of nitrogen functional groups attached to an aromatic ring is 1. The predicted molar refractivity (Wildman–Crippen MR) is 85.3 cm³/mol. The third-order valence-corrected chi connectivity index (χ3v) is 3.33. The van der Waals surface area contributed by atoms with Crippen molar-refractivity contribution in [2.24, 2.45) is 0 Å². The molecule has 0 saturated heterocycles. The fourth-order valence-electron chi connectivity index (χ4n) is 2.17. The van der Waals surface area contributed by atoms with Gasteiger partial charge in [-0.05, 0) is 42.8 Å². The Morgan fingerprint density at radius 3 is 2.41 bits per heavy atom. The Balaban J connectivity index is 1.54. The lowest BCUT2D eigenvalue weighted by Gasteiger charge is -2.09. The molecule has 0 saturated carbocycles. The summed E-state index contributed by atoms with van der Waals surface area (Å²) in [6.07, 6.45) is 0. The Hall–Kier alpha value is -2.69. The van der Waals surface area contributed by atoms with Crippen molar-refractivity contribution in [2.45, 2.75) is 13.8 Å². The summed E-state index contributed by atoms with van der Waals surface area (Å²) in [6.45, 7) is 4.68. The first kappa shape index (κ1) is 14.3. The highest BCUT2D eigenvalue weighted by atomic mass is 16.5. The molecule has 0 aliphatic carbocycles. The number of fused-ring (bicyclic) bond motifs is 1. The predicted octanol–water partition coefficient (Wildman–Crippen LogP) is 3.48. The normalized spacial score (nSPS) is 10.8. The second-order valence-corrected chi connectivity index (χ2v) is 5.08. The van der Waals surface area contributed by atoms with Crippen molar-refractivity contribution in [3.05, 3.63) is 47.9 Å². The summed E-state index contributed by atoms with van der Waals surface area (Å²) in [7, 11) is 0. The van der Waals surface area contributed by atoms with E-state index in [1.807, 2.05) is 50.2 Å². The Morgan fingerprint density at radius 1 is 1.00 bits per heavy atom. The maximum Gasteiger partial charge on any atom is 0.192 e. The number of nitrogens with two attached hydrogens (primary N) is 1. The molecular formula is C17H18N2O3. The molecule has 2 aromatic carbocycles. The Labute approximate surface area is 128 Å². The fraction of sp³-hybridized carbons (Fsp3) is 0.235. The van der Waals surface area contributed by atoms with Gasteiger partial charge in [-0.15, -0.1) is 0 Å². The van der Waals surface area contributed by atoms with Gasteiger partial charge in [-0.3, -0.25) is 0 Å². The highest BCUT2D eigenvalue weighted by molar-refractivity contribution is 5.74. The molecule has 0 aliphatic heterocycles. The molecule has 2 N–H and O–H groups in total. The molecule has 114 valence electrons. The molecule has 0 atom stereocenters. The van der Waals surface area contributed by atoms with Gasteiger partial charge in [-0.2, -0.15) is 0 Å². The van der Waals surface area contributed by atoms with E-state index in [1.165, 1.54) is 0 Å². The van der Waals surface area contributed by atoms with Crippen LogP contribution in [0, 0.1) is 13.8 Å². The minimum atomic E-state index is 0.446. The Morgan fingerprint density at radius 2 is 1.68 bits per heavy atom. The van der Waals surface area contributed by atoms with Gasteiger partial charge in [0, 0.05) is 18.7 Å². The van der Waals surface area contributed by atoms with Crippen LogP contribution in [0.15, 0.2) is 40.8 Å². The van der Waals surface area contributed by atoms with Crippen LogP contribution in [-0.2, 0) is 0 Å². The number of nitrogens with zero attached hydrogens (tertiary/aromatic N) is 1. The van der Waals surface area contributed by atoms with Crippen LogP contribution in [0.2, 0.25) is 0 Å². The lowest BCUT2D eigenvalue weighted by atomic mass is 10.2. The minimum absolute atomic E-state index is 0.446. The number of hydrogen-bond donors (Lipinski definition) is 1. The molecular weight excluding hydrogens is 280 g/mol. The van der Waals surface area contributed by atoms with E-state index < -0.39 is 0 Å². The van der Waals surface area contributed by atoms with Crippen LogP contribution in [0.4, 0.5) is 5.69 Å². The molecule has 3 aromatic rings. The third kappa shape index (κ3) is 3.14. The average Bonchev–Trinajstić information content (AvgIpc) is 2.86. The molecule has 5 heteroatoms. The van der Waals surface area contributed by atoms with Crippen molar-refractivity contribution in [1.82, 2.24) is 4.98 Å². The quantitative estimate of drug-likeness (QED) is 0.577. The number of aromatic nitrogens is 1. The van der Waals surface area contributed by atoms with Crippen LogP contribution in [0.1, 0.15) is 11.5 Å². The number of oxazole rings is 1. The molecule has 1 aromatic heterocycles. The number of benzene rings is 2. The molecule has 1 heterocycles. The minimum Gasteiger partial charge on any atom is -0.490 e. The summed E-state index contributed by atoms with van der Waals surface area (Å²) in [5.41, 5.74) is 9.10. The van der Waals surface area contributed by atoms with Crippen molar-refractivity contribution in [3.63, 3.8) is 0 Å². The molecule has 22 heavy (non-hydrogen) atoms. The molecule has 0 amide bonds. The lowest BCUT2D eigenvalue weighted by Crippen LogP contribution is -2.09. The van der Waals surface area contributed by atoms with Crippen molar-refractivity contribution in [3.8, 4) is 11.5 Å². The zero-order valence-corrected chi connectivity index (χ0v) is 12.6. The van der Waals surface area contributed by atoms with Gasteiger partial charge >= 0.3 is 0 Å². The topological polar surface area (TPSA) is 70.5 Å². The summed E-state index contributed by atoms with van der Waals surface area (Å²) in [4.78, 5) is 4.25. The molecule has 0 bridgehead atoms. The van der Waals surface area contributed by atoms with Gasteiger partial charge in [0.1, 0.15) is 30.2 Å². The van der Waals surface area contributed by atoms with Crippen LogP contribution in [0.5, 0.6) is 11.5 Å². The third-order valence-electron chi connectivity index (χ3n) is 3.33. The first-order chi connectivity index (χ1) is 10.6. The number of anilines is 1. The molecule has 0 spiro atoms. The van der Waals surface area contributed by atoms with E-state index >= 15 is 0 Å². The van der Waals surface area contributed by atoms with E-state index in [-0.39, 0.29) is 0 Å². The van der Waals surface area contributed by atoms with Crippen molar-refractivity contribution in [1.29, 1.82) is 0 Å².